The van der Waals surface area contributed by atoms with Gasteiger partial charge in [-0.15, -0.1) is 24.8 Å². The minimum atomic E-state index is 0. The number of hydrogen-bond donors (Lipinski definition) is 3. The van der Waals surface area contributed by atoms with Gasteiger partial charge >= 0.3 is 0 Å². The van der Waals surface area contributed by atoms with E-state index in [1.54, 1.807) is 0 Å². The van der Waals surface area contributed by atoms with Crippen molar-refractivity contribution in [3.05, 3.63) is 34.3 Å². The second kappa shape index (κ2) is 12.6. The van der Waals surface area contributed by atoms with Crippen LogP contribution in [-0.4, -0.2) is 31.3 Å². The van der Waals surface area contributed by atoms with E-state index in [1.807, 2.05) is 12.1 Å². The monoisotopic (exact) mass is 344 g/mol. The van der Waals surface area contributed by atoms with E-state index in [2.05, 4.69) is 38.7 Å². The summed E-state index contributed by atoms with van der Waals surface area (Å²) in [7, 11) is 0. The summed E-state index contributed by atoms with van der Waals surface area (Å²) in [6, 6.07) is 8.25. The summed E-state index contributed by atoms with van der Waals surface area (Å²) in [5, 5.41) is 15.0. The molecule has 1 rings (SSSR count). The largest absolute Gasteiger partial charge is 0.395 e. The number of hydrogen-bond acceptors (Lipinski definition) is 3. The molecule has 100 valence electrons. The number of benzene rings is 1. The molecule has 0 atom stereocenters. The molecule has 0 heterocycles. The van der Waals surface area contributed by atoms with Gasteiger partial charge in [-0.05, 0) is 17.7 Å². The van der Waals surface area contributed by atoms with E-state index in [1.165, 1.54) is 5.56 Å². The lowest BCUT2D eigenvalue weighted by molar-refractivity contribution is 0.292. The molecule has 3 nitrogen and oxygen atoms in total. The molecule has 0 bridgehead atoms. The molecule has 0 radical (unpaired) electrons. The van der Waals surface area contributed by atoms with Gasteiger partial charge in [0, 0.05) is 30.7 Å². The van der Waals surface area contributed by atoms with Crippen LogP contribution in [0.3, 0.4) is 0 Å². The quantitative estimate of drug-likeness (QED) is 0.662. The first kappa shape index (κ1) is 19.5. The standard InChI is InChI=1S/C11H17BrN2O.2ClH/c12-11-3-1-2-10(8-11)9-14-5-4-13-6-7-15;;/h1-3,8,13-15H,4-7,9H2;2*1H. The number of nitrogens with one attached hydrogen (secondary N) is 2. The molecule has 0 amide bonds. The Kier molecular flexibility index (Phi) is 14.5. The summed E-state index contributed by atoms with van der Waals surface area (Å²) in [6.07, 6.45) is 0. The van der Waals surface area contributed by atoms with Crippen molar-refractivity contribution in [1.82, 2.24) is 10.6 Å². The molecular weight excluding hydrogens is 327 g/mol. The van der Waals surface area contributed by atoms with Crippen LogP contribution < -0.4 is 10.6 Å². The molecule has 0 unspecified atom stereocenters. The molecular formula is C11H19BrCl2N2O. The van der Waals surface area contributed by atoms with Crippen LogP contribution in [0.1, 0.15) is 5.56 Å². The van der Waals surface area contributed by atoms with Gasteiger partial charge in [0.15, 0.2) is 0 Å². The topological polar surface area (TPSA) is 44.3 Å². The Labute approximate surface area is 123 Å². The van der Waals surface area contributed by atoms with Gasteiger partial charge in [-0.1, -0.05) is 28.1 Å². The Morgan fingerprint density at radius 1 is 1.06 bits per heavy atom. The Morgan fingerprint density at radius 3 is 2.41 bits per heavy atom. The normalized spacial score (nSPS) is 9.29. The predicted molar refractivity (Wildman–Crippen MR) is 80.3 cm³/mol. The summed E-state index contributed by atoms with van der Waals surface area (Å²) in [6.45, 7) is 3.53. The number of aliphatic hydroxyl groups excluding tert-OH is 1. The Balaban J connectivity index is 0. The van der Waals surface area contributed by atoms with E-state index in [0.717, 1.165) is 24.1 Å². The first-order valence-electron chi connectivity index (χ1n) is 5.09. The molecule has 1 aromatic carbocycles. The second-order valence-electron chi connectivity index (χ2n) is 3.28. The highest BCUT2D eigenvalue weighted by molar-refractivity contribution is 9.10. The fourth-order valence-electron chi connectivity index (χ4n) is 1.26. The minimum absolute atomic E-state index is 0. The first-order valence-corrected chi connectivity index (χ1v) is 5.89. The van der Waals surface area contributed by atoms with E-state index < -0.39 is 0 Å². The van der Waals surface area contributed by atoms with Gasteiger partial charge in [0.1, 0.15) is 0 Å². The second-order valence-corrected chi connectivity index (χ2v) is 4.20. The van der Waals surface area contributed by atoms with Gasteiger partial charge in [0.2, 0.25) is 0 Å². The lowest BCUT2D eigenvalue weighted by Crippen LogP contribution is -2.28. The molecule has 0 fully saturated rings. The van der Waals surface area contributed by atoms with Crippen LogP contribution in [0.15, 0.2) is 28.7 Å². The summed E-state index contributed by atoms with van der Waals surface area (Å²) in [5.74, 6) is 0. The van der Waals surface area contributed by atoms with Gasteiger partial charge in [0.25, 0.3) is 0 Å². The molecule has 1 aromatic rings. The first-order chi connectivity index (χ1) is 7.33. The lowest BCUT2D eigenvalue weighted by atomic mass is 10.2. The summed E-state index contributed by atoms with van der Waals surface area (Å²) in [4.78, 5) is 0. The van der Waals surface area contributed by atoms with Crippen molar-refractivity contribution >= 4 is 40.7 Å². The van der Waals surface area contributed by atoms with Crippen molar-refractivity contribution in [2.24, 2.45) is 0 Å². The smallest absolute Gasteiger partial charge is 0.0555 e. The van der Waals surface area contributed by atoms with Gasteiger partial charge in [0.05, 0.1) is 6.61 Å². The third-order valence-electron chi connectivity index (χ3n) is 1.99. The third-order valence-corrected chi connectivity index (χ3v) is 2.48. The predicted octanol–water partition coefficient (Wildman–Crippen LogP) is 1.96. The zero-order valence-electron chi connectivity index (χ0n) is 9.49. The maximum Gasteiger partial charge on any atom is 0.0555 e. The van der Waals surface area contributed by atoms with E-state index in [-0.39, 0.29) is 31.4 Å². The number of halogens is 3. The molecule has 6 heteroatoms. The Morgan fingerprint density at radius 2 is 1.76 bits per heavy atom. The van der Waals surface area contributed by atoms with Crippen LogP contribution in [0, 0.1) is 0 Å². The van der Waals surface area contributed by atoms with Crippen LogP contribution in [0.4, 0.5) is 0 Å². The molecule has 0 saturated carbocycles. The molecule has 0 aliphatic carbocycles. The highest BCUT2D eigenvalue weighted by Gasteiger charge is 1.93. The van der Waals surface area contributed by atoms with Crippen molar-refractivity contribution in [2.75, 3.05) is 26.2 Å². The molecule has 3 N–H and O–H groups in total. The van der Waals surface area contributed by atoms with Crippen LogP contribution in [0.2, 0.25) is 0 Å². The average molecular weight is 346 g/mol. The van der Waals surface area contributed by atoms with Crippen molar-refractivity contribution < 1.29 is 5.11 Å². The van der Waals surface area contributed by atoms with Crippen LogP contribution in [-0.2, 0) is 6.54 Å². The minimum Gasteiger partial charge on any atom is -0.395 e. The van der Waals surface area contributed by atoms with Crippen LogP contribution in [0.25, 0.3) is 0 Å². The van der Waals surface area contributed by atoms with Crippen molar-refractivity contribution in [1.29, 1.82) is 0 Å². The van der Waals surface area contributed by atoms with Gasteiger partial charge in [-0.2, -0.15) is 0 Å². The molecule has 17 heavy (non-hydrogen) atoms. The SMILES string of the molecule is Cl.Cl.OCCNCCNCc1cccc(Br)c1. The lowest BCUT2D eigenvalue weighted by Gasteiger charge is -2.06. The average Bonchev–Trinajstić information content (AvgIpc) is 2.23. The van der Waals surface area contributed by atoms with E-state index in [4.69, 9.17) is 5.11 Å². The highest BCUT2D eigenvalue weighted by Crippen LogP contribution is 2.10. The maximum absolute atomic E-state index is 8.54. The Bertz CT molecular complexity index is 290. The zero-order valence-corrected chi connectivity index (χ0v) is 12.7. The molecule has 0 saturated heterocycles. The fraction of sp³-hybridized carbons (Fsp3) is 0.455. The van der Waals surface area contributed by atoms with Gasteiger partial charge in [-0.25, -0.2) is 0 Å². The summed E-state index contributed by atoms with van der Waals surface area (Å²) < 4.78 is 1.11. The molecule has 0 spiro atoms. The maximum atomic E-state index is 8.54. The number of aliphatic hydroxyl groups is 1. The van der Waals surface area contributed by atoms with E-state index in [0.29, 0.717) is 6.54 Å². The number of rotatable bonds is 7. The molecule has 0 aliphatic heterocycles. The van der Waals surface area contributed by atoms with Crippen LogP contribution in [0.5, 0.6) is 0 Å². The zero-order chi connectivity index (χ0) is 10.9. The summed E-state index contributed by atoms with van der Waals surface area (Å²) in [5.41, 5.74) is 1.27. The van der Waals surface area contributed by atoms with E-state index >= 15 is 0 Å². The molecule has 0 aliphatic rings. The fourth-order valence-corrected chi connectivity index (χ4v) is 1.71. The van der Waals surface area contributed by atoms with Crippen LogP contribution >= 0.6 is 40.7 Å². The van der Waals surface area contributed by atoms with E-state index in [9.17, 15) is 0 Å². The van der Waals surface area contributed by atoms with Crippen molar-refractivity contribution in [3.63, 3.8) is 0 Å². The third kappa shape index (κ3) is 9.83. The van der Waals surface area contributed by atoms with Crippen molar-refractivity contribution in [3.8, 4) is 0 Å². The Hall–Kier alpha value is 0.160. The molecule has 0 aromatic heterocycles. The van der Waals surface area contributed by atoms with Gasteiger partial charge < -0.3 is 15.7 Å². The highest BCUT2D eigenvalue weighted by atomic mass is 79.9. The van der Waals surface area contributed by atoms with Crippen molar-refractivity contribution in [2.45, 2.75) is 6.54 Å². The van der Waals surface area contributed by atoms with Gasteiger partial charge in [-0.3, -0.25) is 0 Å². The summed E-state index contributed by atoms with van der Waals surface area (Å²) >= 11 is 3.44.